The number of H-pyrrole nitrogens is 1. The van der Waals surface area contributed by atoms with Crippen molar-refractivity contribution in [1.82, 2.24) is 9.55 Å². The summed E-state index contributed by atoms with van der Waals surface area (Å²) in [5.41, 5.74) is 2.26. The number of hydrogen-bond donors (Lipinski definition) is 1. The normalized spacial score (nSPS) is 19.1. The lowest BCUT2D eigenvalue weighted by Crippen LogP contribution is -2.43. The molecule has 0 spiro atoms. The molecule has 0 radical (unpaired) electrons. The van der Waals surface area contributed by atoms with Gasteiger partial charge in [0.15, 0.2) is 18.4 Å². The van der Waals surface area contributed by atoms with E-state index in [2.05, 4.69) is 4.98 Å². The van der Waals surface area contributed by atoms with E-state index < -0.39 is 60.3 Å². The van der Waals surface area contributed by atoms with Crippen molar-refractivity contribution < 1.29 is 33.3 Å². The Morgan fingerprint density at radius 3 is 1.62 bits per heavy atom. The maximum atomic E-state index is 13.4. The standard InChI is InChI=1S/C34H32N2O9/c1-19-5-11-23(12-6-19)31(38)42-18-26-27(44-32(39)24-13-7-20(2)8-14-24)28(45-33(40)25-15-9-21(3)10-16-25)30(43-26)36-17-22(4)29(37)35-34(36)41/h5-17,26-28,30H,18H2,1-4H3,(H,35,37,41)/t26-,27+,28-,30+/m0/s1. The highest BCUT2D eigenvalue weighted by Crippen LogP contribution is 2.35. The van der Waals surface area contributed by atoms with Gasteiger partial charge in [0.25, 0.3) is 5.56 Å². The third kappa shape index (κ3) is 7.10. The highest BCUT2D eigenvalue weighted by molar-refractivity contribution is 5.91. The van der Waals surface area contributed by atoms with Crippen LogP contribution in [0, 0.1) is 27.7 Å². The van der Waals surface area contributed by atoms with Crippen molar-refractivity contribution in [2.75, 3.05) is 6.61 Å². The second-order valence-corrected chi connectivity index (χ2v) is 11.0. The van der Waals surface area contributed by atoms with Gasteiger partial charge in [-0.2, -0.15) is 0 Å². The van der Waals surface area contributed by atoms with Gasteiger partial charge >= 0.3 is 23.6 Å². The van der Waals surface area contributed by atoms with Crippen LogP contribution < -0.4 is 11.2 Å². The molecule has 0 aliphatic carbocycles. The molecule has 232 valence electrons. The molecule has 1 aliphatic heterocycles. The van der Waals surface area contributed by atoms with Crippen LogP contribution in [0.3, 0.4) is 0 Å². The van der Waals surface area contributed by atoms with Crippen molar-refractivity contribution in [3.05, 3.63) is 139 Å². The molecule has 0 amide bonds. The molecule has 2 heterocycles. The van der Waals surface area contributed by atoms with Crippen LogP contribution in [0.15, 0.2) is 88.6 Å². The van der Waals surface area contributed by atoms with E-state index in [4.69, 9.17) is 18.9 Å². The van der Waals surface area contributed by atoms with E-state index in [-0.39, 0.29) is 22.3 Å². The number of aromatic amines is 1. The van der Waals surface area contributed by atoms with E-state index in [9.17, 15) is 24.0 Å². The molecule has 0 unspecified atom stereocenters. The highest BCUT2D eigenvalue weighted by atomic mass is 16.7. The smallest absolute Gasteiger partial charge is 0.338 e. The van der Waals surface area contributed by atoms with Crippen molar-refractivity contribution in [1.29, 1.82) is 0 Å². The average molecular weight is 613 g/mol. The van der Waals surface area contributed by atoms with Gasteiger partial charge in [-0.25, -0.2) is 19.2 Å². The van der Waals surface area contributed by atoms with E-state index in [1.807, 2.05) is 20.8 Å². The molecule has 11 nitrogen and oxygen atoms in total. The van der Waals surface area contributed by atoms with Gasteiger partial charge in [-0.3, -0.25) is 14.3 Å². The second-order valence-electron chi connectivity index (χ2n) is 11.0. The van der Waals surface area contributed by atoms with E-state index in [0.717, 1.165) is 21.3 Å². The number of nitrogens with zero attached hydrogens (tertiary/aromatic N) is 1. The fourth-order valence-electron chi connectivity index (χ4n) is 4.80. The minimum absolute atomic E-state index is 0.185. The number of benzene rings is 3. The lowest BCUT2D eigenvalue weighted by Gasteiger charge is -2.25. The van der Waals surface area contributed by atoms with Gasteiger partial charge < -0.3 is 18.9 Å². The molecule has 45 heavy (non-hydrogen) atoms. The zero-order valence-corrected chi connectivity index (χ0v) is 25.1. The third-order valence-corrected chi connectivity index (χ3v) is 7.43. The number of carbonyl (C=O) groups is 3. The van der Waals surface area contributed by atoms with Crippen molar-refractivity contribution in [2.24, 2.45) is 0 Å². The molecule has 1 aliphatic rings. The van der Waals surface area contributed by atoms with Crippen molar-refractivity contribution in [2.45, 2.75) is 52.2 Å². The zero-order chi connectivity index (χ0) is 32.2. The van der Waals surface area contributed by atoms with Crippen LogP contribution in [0.4, 0.5) is 0 Å². The highest BCUT2D eigenvalue weighted by Gasteiger charge is 2.51. The molecule has 1 aromatic heterocycles. The van der Waals surface area contributed by atoms with Crippen LogP contribution in [0.2, 0.25) is 0 Å². The first kappa shape index (κ1) is 31.1. The van der Waals surface area contributed by atoms with Gasteiger partial charge in [-0.15, -0.1) is 0 Å². The Labute approximate surface area is 258 Å². The van der Waals surface area contributed by atoms with E-state index >= 15 is 0 Å². The molecule has 1 N–H and O–H groups in total. The zero-order valence-electron chi connectivity index (χ0n) is 25.1. The maximum Gasteiger partial charge on any atom is 0.338 e. The predicted molar refractivity (Wildman–Crippen MR) is 162 cm³/mol. The number of carbonyl (C=O) groups excluding carboxylic acids is 3. The van der Waals surface area contributed by atoms with Crippen molar-refractivity contribution >= 4 is 17.9 Å². The number of hydrogen-bond acceptors (Lipinski definition) is 9. The van der Waals surface area contributed by atoms with Crippen LogP contribution in [-0.2, 0) is 18.9 Å². The van der Waals surface area contributed by atoms with Crippen LogP contribution >= 0.6 is 0 Å². The molecular formula is C34H32N2O9. The molecule has 1 fully saturated rings. The lowest BCUT2D eigenvalue weighted by molar-refractivity contribution is -0.0640. The molecule has 0 saturated carbocycles. The molecular weight excluding hydrogens is 580 g/mol. The average Bonchev–Trinajstić information content (AvgIpc) is 3.34. The summed E-state index contributed by atoms with van der Waals surface area (Å²) < 4.78 is 24.6. The summed E-state index contributed by atoms with van der Waals surface area (Å²) in [6, 6.07) is 20.0. The van der Waals surface area contributed by atoms with Gasteiger partial charge in [-0.05, 0) is 64.1 Å². The lowest BCUT2D eigenvalue weighted by atomic mass is 10.1. The number of nitrogens with one attached hydrogen (secondary N) is 1. The van der Waals surface area contributed by atoms with Crippen LogP contribution in [0.25, 0.3) is 0 Å². The van der Waals surface area contributed by atoms with Crippen LogP contribution in [0.5, 0.6) is 0 Å². The Hall–Kier alpha value is -5.29. The summed E-state index contributed by atoms with van der Waals surface area (Å²) in [7, 11) is 0. The number of aromatic nitrogens is 2. The predicted octanol–water partition coefficient (Wildman–Crippen LogP) is 3.98. The second kappa shape index (κ2) is 13.1. The molecule has 0 bridgehead atoms. The summed E-state index contributed by atoms with van der Waals surface area (Å²) in [6.07, 6.45) is -3.99. The molecule has 4 atom stereocenters. The monoisotopic (exact) mass is 612 g/mol. The summed E-state index contributed by atoms with van der Waals surface area (Å²) in [4.78, 5) is 66.9. The summed E-state index contributed by atoms with van der Waals surface area (Å²) >= 11 is 0. The van der Waals surface area contributed by atoms with E-state index in [1.165, 1.54) is 13.1 Å². The molecule has 5 rings (SSSR count). The largest absolute Gasteiger partial charge is 0.459 e. The molecule has 3 aromatic carbocycles. The first-order valence-corrected chi connectivity index (χ1v) is 14.3. The summed E-state index contributed by atoms with van der Waals surface area (Å²) in [5.74, 6) is -2.17. The Morgan fingerprint density at radius 1 is 0.689 bits per heavy atom. The first-order chi connectivity index (χ1) is 21.5. The minimum atomic E-state index is -1.39. The minimum Gasteiger partial charge on any atom is -0.459 e. The maximum absolute atomic E-state index is 13.4. The summed E-state index contributed by atoms with van der Waals surface area (Å²) in [5, 5.41) is 0. The van der Waals surface area contributed by atoms with Crippen LogP contribution in [-0.4, -0.2) is 52.4 Å². The first-order valence-electron chi connectivity index (χ1n) is 14.3. The third-order valence-electron chi connectivity index (χ3n) is 7.43. The Bertz CT molecular complexity index is 1820. The SMILES string of the molecule is Cc1ccc(C(=O)OC[C@@H]2O[C@@H](n3cc(C)c(=O)[nH]c3=O)[C@@H](OC(=O)c3ccc(C)cc3)[C@@H]2OC(=O)c2ccc(C)cc2)cc1. The number of aryl methyl sites for hydroxylation is 4. The molecule has 11 heteroatoms. The fraction of sp³-hybridized carbons (Fsp3) is 0.265. The molecule has 1 saturated heterocycles. The van der Waals surface area contributed by atoms with Crippen LogP contribution in [0.1, 0.15) is 59.6 Å². The van der Waals surface area contributed by atoms with E-state index in [1.54, 1.807) is 72.8 Å². The number of rotatable bonds is 8. The Morgan fingerprint density at radius 2 is 1.13 bits per heavy atom. The van der Waals surface area contributed by atoms with Gasteiger partial charge in [0.1, 0.15) is 12.7 Å². The Kier molecular flexibility index (Phi) is 9.10. The topological polar surface area (TPSA) is 143 Å². The van der Waals surface area contributed by atoms with Crippen molar-refractivity contribution in [3.63, 3.8) is 0 Å². The summed E-state index contributed by atoms with van der Waals surface area (Å²) in [6.45, 7) is 6.70. The number of ether oxygens (including phenoxy) is 4. The Balaban J connectivity index is 1.52. The number of esters is 3. The quantitative estimate of drug-likeness (QED) is 0.231. The van der Waals surface area contributed by atoms with Crippen molar-refractivity contribution in [3.8, 4) is 0 Å². The fourth-order valence-corrected chi connectivity index (χ4v) is 4.80. The van der Waals surface area contributed by atoms with Gasteiger partial charge in [0.2, 0.25) is 0 Å². The van der Waals surface area contributed by atoms with E-state index in [0.29, 0.717) is 0 Å². The van der Waals surface area contributed by atoms with Gasteiger partial charge in [0, 0.05) is 11.8 Å². The van der Waals surface area contributed by atoms with Gasteiger partial charge in [-0.1, -0.05) is 53.1 Å². The van der Waals surface area contributed by atoms with Gasteiger partial charge in [0.05, 0.1) is 16.7 Å². The molecule has 4 aromatic rings.